The molecule has 0 aromatic rings. The lowest BCUT2D eigenvalue weighted by atomic mass is 9.99. The lowest BCUT2D eigenvalue weighted by Gasteiger charge is -2.24. The van der Waals surface area contributed by atoms with Gasteiger partial charge in [-0.25, -0.2) is 8.42 Å². The van der Waals surface area contributed by atoms with E-state index in [9.17, 15) is 13.2 Å². The van der Waals surface area contributed by atoms with Crippen molar-refractivity contribution in [2.45, 2.75) is 26.3 Å². The molecule has 0 aliphatic heterocycles. The highest BCUT2D eigenvalue weighted by molar-refractivity contribution is 7.90. The van der Waals surface area contributed by atoms with Crippen molar-refractivity contribution in [3.63, 3.8) is 0 Å². The van der Waals surface area contributed by atoms with Gasteiger partial charge in [-0.2, -0.15) is 0 Å². The number of hydrogen-bond acceptors (Lipinski definition) is 4. The Labute approximate surface area is 97.9 Å². The number of likely N-dealkylation sites (N-methyl/N-ethyl adjacent to an activating group) is 1. The molecule has 2 atom stereocenters. The SMILES string of the molecule is CCC(C)[C@H](N)C(=O)N(C)CCS(C)(=O)=O. The van der Waals surface area contributed by atoms with Gasteiger partial charge in [-0.1, -0.05) is 20.3 Å². The summed E-state index contributed by atoms with van der Waals surface area (Å²) in [7, 11) is -1.46. The molecule has 2 N–H and O–H groups in total. The fourth-order valence-electron chi connectivity index (χ4n) is 1.16. The normalized spacial score (nSPS) is 15.6. The first-order valence-corrected chi connectivity index (χ1v) is 7.43. The van der Waals surface area contributed by atoms with Crippen LogP contribution in [0.25, 0.3) is 0 Å². The molecule has 0 saturated carbocycles. The van der Waals surface area contributed by atoms with Crippen molar-refractivity contribution in [3.8, 4) is 0 Å². The number of nitrogens with zero attached hydrogens (tertiary/aromatic N) is 1. The van der Waals surface area contributed by atoms with E-state index >= 15 is 0 Å². The highest BCUT2D eigenvalue weighted by atomic mass is 32.2. The topological polar surface area (TPSA) is 80.5 Å². The van der Waals surface area contributed by atoms with Gasteiger partial charge in [-0.3, -0.25) is 4.79 Å². The van der Waals surface area contributed by atoms with Crippen molar-refractivity contribution in [2.24, 2.45) is 11.7 Å². The van der Waals surface area contributed by atoms with Gasteiger partial charge in [0.1, 0.15) is 9.84 Å². The summed E-state index contributed by atoms with van der Waals surface area (Å²) in [6, 6.07) is -0.547. The number of nitrogens with two attached hydrogens (primary N) is 1. The largest absolute Gasteiger partial charge is 0.343 e. The molecule has 0 aliphatic rings. The van der Waals surface area contributed by atoms with Crippen LogP contribution in [0.3, 0.4) is 0 Å². The van der Waals surface area contributed by atoms with Crippen LogP contribution in [0.2, 0.25) is 0 Å². The lowest BCUT2D eigenvalue weighted by Crippen LogP contribution is -2.46. The van der Waals surface area contributed by atoms with E-state index in [4.69, 9.17) is 5.73 Å². The number of amides is 1. The van der Waals surface area contributed by atoms with Gasteiger partial charge in [-0.15, -0.1) is 0 Å². The molecule has 0 fully saturated rings. The molecule has 1 unspecified atom stereocenters. The van der Waals surface area contributed by atoms with E-state index < -0.39 is 15.9 Å². The highest BCUT2D eigenvalue weighted by Crippen LogP contribution is 2.07. The van der Waals surface area contributed by atoms with Gasteiger partial charge in [0.15, 0.2) is 0 Å². The van der Waals surface area contributed by atoms with Gasteiger partial charge in [0.05, 0.1) is 11.8 Å². The second-order valence-electron chi connectivity index (χ2n) is 4.30. The first-order chi connectivity index (χ1) is 7.19. The van der Waals surface area contributed by atoms with E-state index in [-0.39, 0.29) is 24.1 Å². The van der Waals surface area contributed by atoms with E-state index in [1.807, 2.05) is 13.8 Å². The van der Waals surface area contributed by atoms with Gasteiger partial charge in [0.2, 0.25) is 5.91 Å². The smallest absolute Gasteiger partial charge is 0.239 e. The van der Waals surface area contributed by atoms with Crippen molar-refractivity contribution in [1.29, 1.82) is 0 Å². The quantitative estimate of drug-likeness (QED) is 0.711. The fourth-order valence-corrected chi connectivity index (χ4v) is 1.77. The maximum atomic E-state index is 11.8. The number of rotatable bonds is 6. The maximum Gasteiger partial charge on any atom is 0.239 e. The zero-order chi connectivity index (χ0) is 12.9. The Kier molecular flexibility index (Phi) is 5.96. The van der Waals surface area contributed by atoms with Crippen LogP contribution in [0.15, 0.2) is 0 Å². The van der Waals surface area contributed by atoms with Crippen LogP contribution >= 0.6 is 0 Å². The zero-order valence-electron chi connectivity index (χ0n) is 10.4. The summed E-state index contributed by atoms with van der Waals surface area (Å²) in [6.45, 7) is 4.07. The van der Waals surface area contributed by atoms with E-state index in [1.54, 1.807) is 7.05 Å². The summed E-state index contributed by atoms with van der Waals surface area (Å²) in [4.78, 5) is 13.2. The van der Waals surface area contributed by atoms with Crippen LogP contribution in [0.5, 0.6) is 0 Å². The summed E-state index contributed by atoms with van der Waals surface area (Å²) in [5.74, 6) is -0.117. The molecule has 5 nitrogen and oxygen atoms in total. The van der Waals surface area contributed by atoms with Crippen LogP contribution in [0, 0.1) is 5.92 Å². The number of hydrogen-bond donors (Lipinski definition) is 1. The van der Waals surface area contributed by atoms with Crippen LogP contribution in [-0.4, -0.2) is 50.9 Å². The van der Waals surface area contributed by atoms with Gasteiger partial charge in [-0.05, 0) is 5.92 Å². The lowest BCUT2D eigenvalue weighted by molar-refractivity contribution is -0.132. The molecule has 0 saturated heterocycles. The molecule has 1 amide bonds. The molecule has 0 aromatic heterocycles. The summed E-state index contributed by atoms with van der Waals surface area (Å²) in [6.07, 6.45) is 1.98. The molecular formula is C10H22N2O3S. The van der Waals surface area contributed by atoms with Crippen molar-refractivity contribution in [1.82, 2.24) is 4.90 Å². The second-order valence-corrected chi connectivity index (χ2v) is 6.56. The Morgan fingerprint density at radius 2 is 1.94 bits per heavy atom. The van der Waals surface area contributed by atoms with Gasteiger partial charge in [0, 0.05) is 19.8 Å². The predicted molar refractivity (Wildman–Crippen MR) is 64.8 cm³/mol. The molecule has 16 heavy (non-hydrogen) atoms. The third-order valence-corrected chi connectivity index (χ3v) is 3.64. The molecule has 96 valence electrons. The molecular weight excluding hydrogens is 228 g/mol. The Morgan fingerprint density at radius 3 is 2.31 bits per heavy atom. The minimum Gasteiger partial charge on any atom is -0.343 e. The van der Waals surface area contributed by atoms with E-state index in [1.165, 1.54) is 4.90 Å². The summed E-state index contributed by atoms with van der Waals surface area (Å²) < 4.78 is 21.9. The molecule has 0 aromatic carbocycles. The minimum atomic E-state index is -3.04. The number of carbonyl (C=O) groups is 1. The third-order valence-electron chi connectivity index (χ3n) is 2.72. The van der Waals surface area contributed by atoms with E-state index in [0.717, 1.165) is 12.7 Å². The highest BCUT2D eigenvalue weighted by Gasteiger charge is 2.23. The summed E-state index contributed by atoms with van der Waals surface area (Å²) >= 11 is 0. The van der Waals surface area contributed by atoms with Gasteiger partial charge >= 0.3 is 0 Å². The fraction of sp³-hybridized carbons (Fsp3) is 0.900. The molecule has 0 heterocycles. The van der Waals surface area contributed by atoms with Crippen molar-refractivity contribution < 1.29 is 13.2 Å². The van der Waals surface area contributed by atoms with Gasteiger partial charge < -0.3 is 10.6 Å². The second kappa shape index (κ2) is 6.20. The average molecular weight is 250 g/mol. The van der Waals surface area contributed by atoms with Crippen LogP contribution < -0.4 is 5.73 Å². The van der Waals surface area contributed by atoms with Crippen molar-refractivity contribution >= 4 is 15.7 Å². The molecule has 0 radical (unpaired) electrons. The number of sulfone groups is 1. The molecule has 0 spiro atoms. The van der Waals surface area contributed by atoms with E-state index in [2.05, 4.69) is 0 Å². The van der Waals surface area contributed by atoms with Crippen LogP contribution in [-0.2, 0) is 14.6 Å². The predicted octanol–water partition coefficient (Wildman–Crippen LogP) is -0.137. The minimum absolute atomic E-state index is 0.0253. The monoisotopic (exact) mass is 250 g/mol. The van der Waals surface area contributed by atoms with Crippen molar-refractivity contribution in [2.75, 3.05) is 25.6 Å². The van der Waals surface area contributed by atoms with Crippen LogP contribution in [0.1, 0.15) is 20.3 Å². The molecule has 0 bridgehead atoms. The number of carbonyl (C=O) groups excluding carboxylic acids is 1. The Hall–Kier alpha value is -0.620. The Balaban J connectivity index is 4.29. The van der Waals surface area contributed by atoms with Crippen molar-refractivity contribution in [3.05, 3.63) is 0 Å². The third kappa shape index (κ3) is 5.46. The maximum absolute atomic E-state index is 11.8. The first-order valence-electron chi connectivity index (χ1n) is 5.37. The van der Waals surface area contributed by atoms with Crippen LogP contribution in [0.4, 0.5) is 0 Å². The molecule has 0 rings (SSSR count). The first kappa shape index (κ1) is 15.4. The van der Waals surface area contributed by atoms with Gasteiger partial charge in [0.25, 0.3) is 0 Å². The molecule has 0 aliphatic carbocycles. The molecule has 6 heteroatoms. The average Bonchev–Trinajstić information content (AvgIpc) is 2.21. The summed E-state index contributed by atoms with van der Waals surface area (Å²) in [5.41, 5.74) is 5.77. The standard InChI is InChI=1S/C10H22N2O3S/c1-5-8(2)9(11)10(13)12(3)6-7-16(4,14)15/h8-9H,5-7,11H2,1-4H3/t8?,9-/m0/s1. The zero-order valence-corrected chi connectivity index (χ0v) is 11.3. The Bertz CT molecular complexity index is 327. The summed E-state index contributed by atoms with van der Waals surface area (Å²) in [5, 5.41) is 0. The van der Waals surface area contributed by atoms with E-state index in [0.29, 0.717) is 0 Å². The Morgan fingerprint density at radius 1 is 1.44 bits per heavy atom.